The number of hydrogen-bond acceptors (Lipinski definition) is 7. The molecule has 1 aliphatic rings. The van der Waals surface area contributed by atoms with Crippen LogP contribution in [0.25, 0.3) is 0 Å². The number of nitro benzene ring substituents is 2. The number of nitro groups is 2. The van der Waals surface area contributed by atoms with Gasteiger partial charge in [-0.3, -0.25) is 25.1 Å². The maximum absolute atomic E-state index is 11.2. The first-order valence-electron chi connectivity index (χ1n) is 11.2. The van der Waals surface area contributed by atoms with Crippen LogP contribution in [0.2, 0.25) is 0 Å². The molecule has 0 amide bonds. The summed E-state index contributed by atoms with van der Waals surface area (Å²) in [5.41, 5.74) is 1.69. The Morgan fingerprint density at radius 1 is 0.703 bits per heavy atom. The summed E-state index contributed by atoms with van der Waals surface area (Å²) in [4.78, 5) is 28.7. The summed E-state index contributed by atoms with van der Waals surface area (Å²) in [6, 6.07) is 31.3. The minimum absolute atomic E-state index is 0.0374. The van der Waals surface area contributed by atoms with E-state index in [-0.39, 0.29) is 11.4 Å². The van der Waals surface area contributed by atoms with E-state index in [9.17, 15) is 20.2 Å². The summed E-state index contributed by atoms with van der Waals surface area (Å²) in [6.07, 6.45) is 0. The maximum atomic E-state index is 11.2. The third kappa shape index (κ3) is 4.30. The average molecular weight is 510 g/mol. The van der Waals surface area contributed by atoms with Crippen LogP contribution >= 0.6 is 12.2 Å². The van der Waals surface area contributed by atoms with Gasteiger partial charge in [0.2, 0.25) is 5.96 Å². The minimum Gasteiger partial charge on any atom is -0.326 e. The molecule has 0 fully saturated rings. The fourth-order valence-corrected chi connectivity index (χ4v) is 4.73. The maximum Gasteiger partial charge on any atom is 0.269 e. The van der Waals surface area contributed by atoms with Gasteiger partial charge in [0.25, 0.3) is 11.4 Å². The molecule has 1 N–H and O–H groups in total. The van der Waals surface area contributed by atoms with Gasteiger partial charge in [0, 0.05) is 30.0 Å². The van der Waals surface area contributed by atoms with Gasteiger partial charge in [-0.2, -0.15) is 0 Å². The highest BCUT2D eigenvalue weighted by Gasteiger charge is 2.48. The summed E-state index contributed by atoms with van der Waals surface area (Å²) >= 11 is 6.10. The first kappa shape index (κ1) is 23.8. The predicted molar refractivity (Wildman–Crippen MR) is 146 cm³/mol. The van der Waals surface area contributed by atoms with Crippen molar-refractivity contribution < 1.29 is 9.85 Å². The van der Waals surface area contributed by atoms with E-state index in [1.165, 1.54) is 24.3 Å². The van der Waals surface area contributed by atoms with E-state index >= 15 is 0 Å². The number of thiocarbonyl (C=S) groups is 1. The molecule has 0 bridgehead atoms. The van der Waals surface area contributed by atoms with Crippen molar-refractivity contribution in [2.75, 3.05) is 10.2 Å². The van der Waals surface area contributed by atoms with Gasteiger partial charge in [0.15, 0.2) is 5.54 Å². The molecule has 1 aliphatic heterocycles. The lowest BCUT2D eigenvalue weighted by Crippen LogP contribution is -2.42. The minimum atomic E-state index is -1.07. The number of guanidine groups is 1. The number of non-ortho nitro benzene ring substituents is 2. The second kappa shape index (κ2) is 9.59. The lowest BCUT2D eigenvalue weighted by molar-refractivity contribution is -0.385. The molecule has 0 unspecified atom stereocenters. The van der Waals surface area contributed by atoms with Gasteiger partial charge in [-0.25, -0.2) is 4.99 Å². The zero-order chi connectivity index (χ0) is 26.0. The van der Waals surface area contributed by atoms with Crippen molar-refractivity contribution in [3.05, 3.63) is 141 Å². The Bertz CT molecular complexity index is 1470. The van der Waals surface area contributed by atoms with Crippen molar-refractivity contribution >= 4 is 45.9 Å². The molecule has 37 heavy (non-hydrogen) atoms. The van der Waals surface area contributed by atoms with Crippen molar-refractivity contribution in [2.45, 2.75) is 5.54 Å². The molecule has 0 radical (unpaired) electrons. The molecule has 9 nitrogen and oxygen atoms in total. The molecule has 1 heterocycles. The van der Waals surface area contributed by atoms with Crippen molar-refractivity contribution in [1.82, 2.24) is 0 Å². The molecule has 0 saturated heterocycles. The highest BCUT2D eigenvalue weighted by atomic mass is 32.1. The first-order chi connectivity index (χ1) is 17.9. The molecule has 0 aromatic heterocycles. The number of nitrogens with zero attached hydrogens (tertiary/aromatic N) is 4. The topological polar surface area (TPSA) is 114 Å². The summed E-state index contributed by atoms with van der Waals surface area (Å²) in [5, 5.41) is 25.6. The van der Waals surface area contributed by atoms with E-state index in [1.54, 1.807) is 29.2 Å². The van der Waals surface area contributed by atoms with Crippen LogP contribution in [0.3, 0.4) is 0 Å². The van der Waals surface area contributed by atoms with Gasteiger partial charge < -0.3 is 5.32 Å². The Hall–Kier alpha value is -4.96. The third-order valence-corrected chi connectivity index (χ3v) is 6.51. The Balaban J connectivity index is 1.68. The fraction of sp³-hybridized carbons (Fsp3) is 0.0370. The van der Waals surface area contributed by atoms with E-state index in [4.69, 9.17) is 17.2 Å². The van der Waals surface area contributed by atoms with E-state index in [1.807, 2.05) is 60.7 Å². The summed E-state index contributed by atoms with van der Waals surface area (Å²) in [6.45, 7) is 0. The summed E-state index contributed by atoms with van der Waals surface area (Å²) < 4.78 is 0. The van der Waals surface area contributed by atoms with E-state index in [0.29, 0.717) is 22.3 Å². The van der Waals surface area contributed by atoms with Crippen molar-refractivity contribution in [3.63, 3.8) is 0 Å². The van der Waals surface area contributed by atoms with Gasteiger partial charge in [0.1, 0.15) is 4.99 Å². The van der Waals surface area contributed by atoms with E-state index in [0.717, 1.165) is 11.1 Å². The molecule has 182 valence electrons. The molecule has 0 spiro atoms. The highest BCUT2D eigenvalue weighted by Crippen LogP contribution is 2.43. The van der Waals surface area contributed by atoms with E-state index in [2.05, 4.69) is 5.32 Å². The van der Waals surface area contributed by atoms with Crippen LogP contribution in [0, 0.1) is 20.2 Å². The normalized spacial score (nSPS) is 14.2. The molecule has 4 aromatic carbocycles. The van der Waals surface area contributed by atoms with Gasteiger partial charge in [-0.1, -0.05) is 72.9 Å². The molecule has 5 rings (SSSR count). The summed E-state index contributed by atoms with van der Waals surface area (Å²) in [5.74, 6) is 0.375. The smallest absolute Gasteiger partial charge is 0.269 e. The Morgan fingerprint density at radius 2 is 1.16 bits per heavy atom. The van der Waals surface area contributed by atoms with Crippen molar-refractivity contribution in [1.29, 1.82) is 0 Å². The van der Waals surface area contributed by atoms with Gasteiger partial charge >= 0.3 is 0 Å². The Labute approximate surface area is 217 Å². The molecule has 4 aromatic rings. The Kier molecular flexibility index (Phi) is 6.16. The van der Waals surface area contributed by atoms with Crippen molar-refractivity contribution in [2.24, 2.45) is 4.99 Å². The van der Waals surface area contributed by atoms with Crippen LogP contribution in [0.1, 0.15) is 11.1 Å². The lowest BCUT2D eigenvalue weighted by Gasteiger charge is -2.30. The largest absolute Gasteiger partial charge is 0.326 e. The molecule has 0 aliphatic carbocycles. The van der Waals surface area contributed by atoms with E-state index < -0.39 is 15.4 Å². The van der Waals surface area contributed by atoms with Crippen LogP contribution in [0.15, 0.2) is 114 Å². The fourth-order valence-electron chi connectivity index (χ4n) is 4.26. The molecular weight excluding hydrogens is 490 g/mol. The molecule has 10 heteroatoms. The number of aliphatic imine (C=N–C) groups is 1. The van der Waals surface area contributed by atoms with Crippen LogP contribution < -0.4 is 10.2 Å². The quantitative estimate of drug-likeness (QED) is 0.191. The molecule has 0 atom stereocenters. The third-order valence-electron chi connectivity index (χ3n) is 6.03. The van der Waals surface area contributed by atoms with Crippen LogP contribution in [-0.2, 0) is 5.54 Å². The number of anilines is 2. The second-order valence-corrected chi connectivity index (χ2v) is 8.61. The zero-order valence-corrected chi connectivity index (χ0v) is 20.0. The molecular formula is C27H19N5O4S. The number of benzene rings is 4. The van der Waals surface area contributed by atoms with Crippen LogP contribution in [-0.4, -0.2) is 20.8 Å². The van der Waals surface area contributed by atoms with Crippen molar-refractivity contribution in [3.8, 4) is 0 Å². The number of hydrogen-bond donors (Lipinski definition) is 1. The highest BCUT2D eigenvalue weighted by molar-refractivity contribution is 7.81. The summed E-state index contributed by atoms with van der Waals surface area (Å²) in [7, 11) is 0. The number of nitrogens with one attached hydrogen (secondary N) is 1. The zero-order valence-electron chi connectivity index (χ0n) is 19.2. The average Bonchev–Trinajstić information content (AvgIpc) is 3.22. The monoisotopic (exact) mass is 509 g/mol. The second-order valence-electron chi connectivity index (χ2n) is 8.22. The van der Waals surface area contributed by atoms with Crippen LogP contribution in [0.5, 0.6) is 0 Å². The molecule has 0 saturated carbocycles. The first-order valence-corrected chi connectivity index (χ1v) is 11.6. The van der Waals surface area contributed by atoms with Gasteiger partial charge in [-0.05, 0) is 35.4 Å². The van der Waals surface area contributed by atoms with Crippen LogP contribution in [0.4, 0.5) is 22.7 Å². The standard InChI is InChI=1S/C27H19N5O4S/c33-31(34)23-13-11-21(12-14-23)28-26-29-27(19-7-3-1-4-8-19,20-9-5-2-6-10-20)25(37)30(26)22-15-17-24(18-16-22)32(35)36/h1-18H,(H,28,29). The number of rotatable bonds is 6. The SMILES string of the molecule is O=[N+]([O-])c1ccc(NC2=NC(c3ccccc3)(c3ccccc3)C(=S)N2c2ccc([N+](=O)[O-])cc2)cc1. The Morgan fingerprint density at radius 3 is 1.62 bits per heavy atom. The van der Waals surface area contributed by atoms with Gasteiger partial charge in [0.05, 0.1) is 15.5 Å². The van der Waals surface area contributed by atoms with Gasteiger partial charge in [-0.15, -0.1) is 0 Å². The predicted octanol–water partition coefficient (Wildman–Crippen LogP) is 6.06. The lowest BCUT2D eigenvalue weighted by atomic mass is 9.83.